The molecule has 0 nitrogen and oxygen atoms in total. The van der Waals surface area contributed by atoms with Gasteiger partial charge in [-0.15, -0.1) is 0 Å². The van der Waals surface area contributed by atoms with Gasteiger partial charge in [0.1, 0.15) is 0 Å². The van der Waals surface area contributed by atoms with Crippen molar-refractivity contribution in [1.82, 2.24) is 0 Å². The second-order valence-electron chi connectivity index (χ2n) is 5.23. The van der Waals surface area contributed by atoms with Crippen LogP contribution in [0.15, 0.2) is 46.5 Å². The summed E-state index contributed by atoms with van der Waals surface area (Å²) in [4.78, 5) is 0. The third kappa shape index (κ3) is 1.84. The Labute approximate surface area is 99.1 Å². The molecule has 1 atom stereocenters. The van der Waals surface area contributed by atoms with Gasteiger partial charge in [0.25, 0.3) is 0 Å². The Bertz CT molecular complexity index is 421. The highest BCUT2D eigenvalue weighted by atomic mass is 14.2. The summed E-state index contributed by atoms with van der Waals surface area (Å²) in [7, 11) is 2.47. The van der Waals surface area contributed by atoms with Crippen LogP contribution in [-0.2, 0) is 0 Å². The third-order valence-corrected chi connectivity index (χ3v) is 3.83. The van der Waals surface area contributed by atoms with Gasteiger partial charge in [-0.2, -0.15) is 0 Å². The van der Waals surface area contributed by atoms with Crippen LogP contribution < -0.4 is 0 Å². The molecule has 3 rings (SSSR count). The number of fused-ring (bicyclic) bond motifs is 2. The van der Waals surface area contributed by atoms with E-state index in [1.54, 1.807) is 5.57 Å². The zero-order valence-electron chi connectivity index (χ0n) is 10.00. The molecule has 0 spiro atoms. The molecule has 16 heavy (non-hydrogen) atoms. The fourth-order valence-corrected chi connectivity index (χ4v) is 2.98. The monoisotopic (exact) mass is 209 g/mol. The first-order valence-corrected chi connectivity index (χ1v) is 6.47. The summed E-state index contributed by atoms with van der Waals surface area (Å²) in [5.41, 5.74) is 6.06. The molecule has 81 valence electrons. The van der Waals surface area contributed by atoms with Gasteiger partial charge in [-0.1, -0.05) is 48.2 Å². The average Bonchev–Trinajstić information content (AvgIpc) is 2.56. The van der Waals surface area contributed by atoms with Crippen molar-refractivity contribution < 1.29 is 0 Å². The Kier molecular flexibility index (Phi) is 2.63. The van der Waals surface area contributed by atoms with Gasteiger partial charge in [0.2, 0.25) is 0 Å². The molecule has 0 N–H and O–H groups in total. The lowest BCUT2D eigenvalue weighted by molar-refractivity contribution is 0.712. The molecule has 0 aromatic rings. The van der Waals surface area contributed by atoms with Crippen LogP contribution in [0, 0.1) is 0 Å². The molecule has 1 radical (unpaired) electrons. The minimum atomic E-state index is 0.702. The van der Waals surface area contributed by atoms with Crippen molar-refractivity contribution >= 4 is 7.28 Å². The Morgan fingerprint density at radius 3 is 3.19 bits per heavy atom. The second kappa shape index (κ2) is 4.12. The predicted molar refractivity (Wildman–Crippen MR) is 70.6 cm³/mol. The van der Waals surface area contributed by atoms with Gasteiger partial charge in [-0.05, 0) is 43.1 Å². The van der Waals surface area contributed by atoms with Crippen LogP contribution >= 0.6 is 0 Å². The summed E-state index contributed by atoms with van der Waals surface area (Å²) < 4.78 is 0. The van der Waals surface area contributed by atoms with Gasteiger partial charge >= 0.3 is 0 Å². The maximum atomic E-state index is 2.51. The van der Waals surface area contributed by atoms with Gasteiger partial charge in [0, 0.05) is 0 Å². The summed E-state index contributed by atoms with van der Waals surface area (Å²) in [6, 6.07) is 0. The summed E-state index contributed by atoms with van der Waals surface area (Å²) in [6.45, 7) is 2.24. The Morgan fingerprint density at radius 2 is 2.25 bits per heavy atom. The highest BCUT2D eigenvalue weighted by Gasteiger charge is 2.23. The van der Waals surface area contributed by atoms with Crippen molar-refractivity contribution in [3.8, 4) is 0 Å². The lowest BCUT2D eigenvalue weighted by Crippen LogP contribution is -2.11. The molecule has 2 bridgehead atoms. The summed E-state index contributed by atoms with van der Waals surface area (Å²) in [5, 5.41) is 0. The van der Waals surface area contributed by atoms with Crippen LogP contribution in [0.25, 0.3) is 0 Å². The van der Waals surface area contributed by atoms with Crippen molar-refractivity contribution in [2.24, 2.45) is 0 Å². The third-order valence-electron chi connectivity index (χ3n) is 3.83. The first kappa shape index (κ1) is 10.2. The number of rotatable bonds is 0. The van der Waals surface area contributed by atoms with E-state index in [0.29, 0.717) is 5.82 Å². The minimum absolute atomic E-state index is 0.702. The topological polar surface area (TPSA) is 0 Å². The van der Waals surface area contributed by atoms with Crippen LogP contribution in [0.5, 0.6) is 0 Å². The van der Waals surface area contributed by atoms with E-state index in [9.17, 15) is 0 Å². The average molecular weight is 209 g/mol. The molecule has 0 fully saturated rings. The minimum Gasteiger partial charge on any atom is -0.0851 e. The molecule has 0 aromatic carbocycles. The highest BCUT2D eigenvalue weighted by Crippen LogP contribution is 2.38. The van der Waals surface area contributed by atoms with Gasteiger partial charge in [-0.25, -0.2) is 0 Å². The lowest BCUT2D eigenvalue weighted by Gasteiger charge is -2.21. The van der Waals surface area contributed by atoms with Gasteiger partial charge in [0.15, 0.2) is 7.28 Å². The smallest absolute Gasteiger partial charge is 0.0851 e. The van der Waals surface area contributed by atoms with E-state index in [1.807, 2.05) is 0 Å². The standard InChI is InChI=1S/C15H18B/c1-11-5-4-8-15-14(9-11)12-6-2-3-7-13(10-12)16-15/h4,8-10,13H,2-3,5-7H2,1H3. The normalized spacial score (nSPS) is 28.4. The van der Waals surface area contributed by atoms with Gasteiger partial charge < -0.3 is 0 Å². The second-order valence-corrected chi connectivity index (χ2v) is 5.23. The lowest BCUT2D eigenvalue weighted by atomic mass is 9.53. The van der Waals surface area contributed by atoms with Gasteiger partial charge in [-0.3, -0.25) is 0 Å². The van der Waals surface area contributed by atoms with Crippen LogP contribution in [0.2, 0.25) is 5.82 Å². The molecule has 1 aliphatic heterocycles. The van der Waals surface area contributed by atoms with Crippen LogP contribution in [0.3, 0.4) is 0 Å². The maximum Gasteiger partial charge on any atom is 0.160 e. The molecule has 2 aliphatic carbocycles. The van der Waals surface area contributed by atoms with Crippen molar-refractivity contribution in [1.29, 1.82) is 0 Å². The van der Waals surface area contributed by atoms with Crippen LogP contribution in [0.1, 0.15) is 39.0 Å². The molecule has 0 saturated heterocycles. The van der Waals surface area contributed by atoms with Crippen molar-refractivity contribution in [3.05, 3.63) is 46.5 Å². The Morgan fingerprint density at radius 1 is 1.31 bits per heavy atom. The van der Waals surface area contributed by atoms with E-state index >= 15 is 0 Å². The SMILES string of the molecule is CC1=CC2=C([B]C3C=C2CCCC3)C=CC1. The number of hydrogen-bond donors (Lipinski definition) is 0. The van der Waals surface area contributed by atoms with Crippen molar-refractivity contribution in [2.45, 2.75) is 44.8 Å². The van der Waals surface area contributed by atoms with E-state index in [4.69, 9.17) is 0 Å². The highest BCUT2D eigenvalue weighted by molar-refractivity contribution is 6.50. The van der Waals surface area contributed by atoms with E-state index in [-0.39, 0.29) is 0 Å². The Balaban J connectivity index is 2.04. The van der Waals surface area contributed by atoms with E-state index in [0.717, 1.165) is 6.42 Å². The van der Waals surface area contributed by atoms with E-state index in [2.05, 4.69) is 38.5 Å². The summed E-state index contributed by atoms with van der Waals surface area (Å²) in [5.74, 6) is 0.702. The van der Waals surface area contributed by atoms with E-state index in [1.165, 1.54) is 42.3 Å². The molecular formula is C15H18B. The molecule has 0 amide bonds. The zero-order chi connectivity index (χ0) is 11.0. The molecule has 1 heteroatoms. The first-order chi connectivity index (χ1) is 7.83. The van der Waals surface area contributed by atoms with Crippen LogP contribution in [-0.4, -0.2) is 7.28 Å². The fourth-order valence-electron chi connectivity index (χ4n) is 2.98. The number of allylic oxidation sites excluding steroid dienone is 8. The van der Waals surface area contributed by atoms with Crippen molar-refractivity contribution in [3.63, 3.8) is 0 Å². The molecule has 0 saturated carbocycles. The summed E-state index contributed by atoms with van der Waals surface area (Å²) in [6.07, 6.45) is 16.0. The maximum absolute atomic E-state index is 2.51. The zero-order valence-corrected chi connectivity index (χ0v) is 10.00. The molecule has 3 aliphatic rings. The van der Waals surface area contributed by atoms with Gasteiger partial charge in [0.05, 0.1) is 0 Å². The predicted octanol–water partition coefficient (Wildman–Crippen LogP) is 4.15. The molecular weight excluding hydrogens is 191 g/mol. The first-order valence-electron chi connectivity index (χ1n) is 6.47. The molecule has 1 unspecified atom stereocenters. The van der Waals surface area contributed by atoms with Crippen molar-refractivity contribution in [2.75, 3.05) is 0 Å². The Hall–Kier alpha value is -0.975. The molecule has 0 aromatic heterocycles. The molecule has 1 heterocycles. The quantitative estimate of drug-likeness (QED) is 0.525. The largest absolute Gasteiger partial charge is 0.160 e. The number of hydrogen-bond acceptors (Lipinski definition) is 0. The summed E-state index contributed by atoms with van der Waals surface area (Å²) >= 11 is 0. The fraction of sp³-hybridized carbons (Fsp3) is 0.467. The van der Waals surface area contributed by atoms with Crippen LogP contribution in [0.4, 0.5) is 0 Å². The van der Waals surface area contributed by atoms with E-state index < -0.39 is 0 Å².